The van der Waals surface area contributed by atoms with Gasteiger partial charge in [-0.3, -0.25) is 0 Å². The minimum Gasteiger partial charge on any atom is -0.488 e. The smallest absolute Gasteiger partial charge is 0.407 e. The zero-order valence-electron chi connectivity index (χ0n) is 14.6. The number of carbonyl (C=O) groups is 1. The van der Waals surface area contributed by atoms with E-state index in [1.165, 1.54) is 12.1 Å². The van der Waals surface area contributed by atoms with Gasteiger partial charge in [0, 0.05) is 11.6 Å². The van der Waals surface area contributed by atoms with E-state index < -0.39 is 11.7 Å². The van der Waals surface area contributed by atoms with Gasteiger partial charge in [0.1, 0.15) is 23.3 Å². The summed E-state index contributed by atoms with van der Waals surface area (Å²) >= 11 is 0. The van der Waals surface area contributed by atoms with Gasteiger partial charge in [-0.1, -0.05) is 0 Å². The molecule has 1 aromatic carbocycles. The van der Waals surface area contributed by atoms with Gasteiger partial charge in [-0.25, -0.2) is 9.18 Å². The van der Waals surface area contributed by atoms with Gasteiger partial charge in [0.05, 0.1) is 6.04 Å². The first-order valence-electron chi connectivity index (χ1n) is 7.71. The van der Waals surface area contributed by atoms with Crippen LogP contribution in [0.5, 0.6) is 5.75 Å². The van der Waals surface area contributed by atoms with Crippen LogP contribution in [0.2, 0.25) is 0 Å². The molecule has 1 amide bonds. The molecule has 6 heteroatoms. The molecule has 0 aliphatic carbocycles. The molecule has 0 bridgehead atoms. The molecule has 0 aliphatic rings. The monoisotopic (exact) mass is 326 g/mol. The van der Waals surface area contributed by atoms with Gasteiger partial charge >= 0.3 is 6.09 Å². The van der Waals surface area contributed by atoms with Crippen LogP contribution in [0.15, 0.2) is 18.2 Å². The lowest BCUT2D eigenvalue weighted by atomic mass is 10.1. The fourth-order valence-electron chi connectivity index (χ4n) is 1.90. The normalized spacial score (nSPS) is 15.5. The average molecular weight is 326 g/mol. The second-order valence-electron chi connectivity index (χ2n) is 6.73. The van der Waals surface area contributed by atoms with Crippen LogP contribution in [0.1, 0.15) is 53.1 Å². The largest absolute Gasteiger partial charge is 0.488 e. The maximum Gasteiger partial charge on any atom is 0.407 e. The van der Waals surface area contributed by atoms with Gasteiger partial charge in [-0.05, 0) is 59.7 Å². The van der Waals surface area contributed by atoms with Crippen molar-refractivity contribution in [2.75, 3.05) is 0 Å². The molecule has 0 saturated carbocycles. The number of benzene rings is 1. The molecule has 1 aromatic rings. The van der Waals surface area contributed by atoms with Crippen molar-refractivity contribution in [3.8, 4) is 5.75 Å². The van der Waals surface area contributed by atoms with Crippen molar-refractivity contribution in [2.45, 2.75) is 65.3 Å². The molecule has 130 valence electrons. The molecule has 3 atom stereocenters. The SMILES string of the molecule is CC(NC(=O)OC(C)(C)C)[C@H](C)Oc1ccc(F)cc1[C@@H](C)N. The Balaban J connectivity index is 2.72. The summed E-state index contributed by atoms with van der Waals surface area (Å²) in [7, 11) is 0. The third-order valence-corrected chi connectivity index (χ3v) is 3.22. The number of carbonyl (C=O) groups excluding carboxylic acids is 1. The number of halogens is 1. The van der Waals surface area contributed by atoms with E-state index in [0.717, 1.165) is 0 Å². The molecule has 0 heterocycles. The Labute approximate surface area is 137 Å². The summed E-state index contributed by atoms with van der Waals surface area (Å²) in [5, 5.41) is 2.73. The van der Waals surface area contributed by atoms with Gasteiger partial charge in [-0.15, -0.1) is 0 Å². The van der Waals surface area contributed by atoms with Gasteiger partial charge in [0.25, 0.3) is 0 Å². The van der Waals surface area contributed by atoms with E-state index in [1.807, 2.05) is 13.8 Å². The molecular weight excluding hydrogens is 299 g/mol. The average Bonchev–Trinajstić information content (AvgIpc) is 2.38. The van der Waals surface area contributed by atoms with Crippen LogP contribution in [0.25, 0.3) is 0 Å². The summed E-state index contributed by atoms with van der Waals surface area (Å²) in [6.07, 6.45) is -0.850. The Bertz CT molecular complexity index is 541. The molecule has 0 fully saturated rings. The zero-order chi connectivity index (χ0) is 17.8. The fraction of sp³-hybridized carbons (Fsp3) is 0.588. The second kappa shape index (κ2) is 7.64. The van der Waals surface area contributed by atoms with E-state index in [0.29, 0.717) is 11.3 Å². The van der Waals surface area contributed by atoms with Crippen molar-refractivity contribution in [3.05, 3.63) is 29.6 Å². The lowest BCUT2D eigenvalue weighted by molar-refractivity contribution is 0.0463. The fourth-order valence-corrected chi connectivity index (χ4v) is 1.90. The van der Waals surface area contributed by atoms with Gasteiger partial charge in [-0.2, -0.15) is 0 Å². The Hall–Kier alpha value is -1.82. The predicted octanol–water partition coefficient (Wildman–Crippen LogP) is 3.53. The van der Waals surface area contributed by atoms with Crippen LogP contribution < -0.4 is 15.8 Å². The van der Waals surface area contributed by atoms with Crippen molar-refractivity contribution >= 4 is 6.09 Å². The van der Waals surface area contributed by atoms with Crippen LogP contribution in [-0.2, 0) is 4.74 Å². The molecule has 0 spiro atoms. The van der Waals surface area contributed by atoms with Crippen molar-refractivity contribution in [2.24, 2.45) is 5.73 Å². The molecule has 1 rings (SSSR count). The summed E-state index contributed by atoms with van der Waals surface area (Å²) < 4.78 is 24.4. The van der Waals surface area contributed by atoms with E-state index in [2.05, 4.69) is 5.32 Å². The number of alkyl carbamates (subject to hydrolysis) is 1. The predicted molar refractivity (Wildman–Crippen MR) is 87.9 cm³/mol. The number of rotatable bonds is 5. The standard InChI is InChI=1S/C17H27FN2O3/c1-10(19)14-9-13(18)7-8-15(14)22-12(3)11(2)20-16(21)23-17(4,5)6/h7-12H,19H2,1-6H3,(H,20,21)/t10-,11?,12+/m1/s1. The molecule has 0 aromatic heterocycles. The Morgan fingerprint density at radius 3 is 2.39 bits per heavy atom. The first-order valence-corrected chi connectivity index (χ1v) is 7.71. The number of amides is 1. The molecule has 1 unspecified atom stereocenters. The Morgan fingerprint density at radius 2 is 1.87 bits per heavy atom. The topological polar surface area (TPSA) is 73.6 Å². The van der Waals surface area contributed by atoms with Crippen LogP contribution in [-0.4, -0.2) is 23.8 Å². The first kappa shape index (κ1) is 19.2. The molecular formula is C17H27FN2O3. The van der Waals surface area contributed by atoms with Crippen LogP contribution in [0, 0.1) is 5.82 Å². The Morgan fingerprint density at radius 1 is 1.26 bits per heavy atom. The third kappa shape index (κ3) is 6.44. The van der Waals surface area contributed by atoms with E-state index in [1.54, 1.807) is 33.8 Å². The number of hydrogen-bond acceptors (Lipinski definition) is 4. The molecule has 0 saturated heterocycles. The quantitative estimate of drug-likeness (QED) is 0.868. The second-order valence-corrected chi connectivity index (χ2v) is 6.73. The minimum atomic E-state index is -0.562. The number of nitrogens with one attached hydrogen (secondary N) is 1. The molecule has 0 radical (unpaired) electrons. The lowest BCUT2D eigenvalue weighted by Crippen LogP contribution is -2.44. The first-order chi connectivity index (χ1) is 10.5. The maximum atomic E-state index is 13.3. The van der Waals surface area contributed by atoms with Gasteiger partial charge in [0.15, 0.2) is 0 Å². The number of ether oxygens (including phenoxy) is 2. The summed E-state index contributed by atoms with van der Waals surface area (Å²) in [4.78, 5) is 11.8. The van der Waals surface area contributed by atoms with E-state index >= 15 is 0 Å². The van der Waals surface area contributed by atoms with Crippen LogP contribution in [0.4, 0.5) is 9.18 Å². The summed E-state index contributed by atoms with van der Waals surface area (Å²) in [6.45, 7) is 10.8. The summed E-state index contributed by atoms with van der Waals surface area (Å²) in [5.41, 5.74) is 5.87. The molecule has 0 aliphatic heterocycles. The van der Waals surface area contributed by atoms with Gasteiger partial charge in [0.2, 0.25) is 0 Å². The molecule has 23 heavy (non-hydrogen) atoms. The summed E-state index contributed by atoms with van der Waals surface area (Å²) in [5.74, 6) is 0.143. The van der Waals surface area contributed by atoms with E-state index in [-0.39, 0.29) is 24.0 Å². The highest BCUT2D eigenvalue weighted by Gasteiger charge is 2.22. The van der Waals surface area contributed by atoms with Crippen LogP contribution >= 0.6 is 0 Å². The van der Waals surface area contributed by atoms with E-state index in [4.69, 9.17) is 15.2 Å². The zero-order valence-corrected chi connectivity index (χ0v) is 14.6. The highest BCUT2D eigenvalue weighted by atomic mass is 19.1. The lowest BCUT2D eigenvalue weighted by Gasteiger charge is -2.26. The van der Waals surface area contributed by atoms with Gasteiger partial charge < -0.3 is 20.5 Å². The number of hydrogen-bond donors (Lipinski definition) is 2. The van der Waals surface area contributed by atoms with Crippen molar-refractivity contribution in [3.63, 3.8) is 0 Å². The number of nitrogens with two attached hydrogens (primary N) is 1. The molecule has 5 nitrogen and oxygen atoms in total. The minimum absolute atomic E-state index is 0.296. The maximum absolute atomic E-state index is 13.3. The Kier molecular flexibility index (Phi) is 6.38. The van der Waals surface area contributed by atoms with E-state index in [9.17, 15) is 9.18 Å². The molecule has 3 N–H and O–H groups in total. The third-order valence-electron chi connectivity index (χ3n) is 3.22. The summed E-state index contributed by atoms with van der Waals surface area (Å²) in [6, 6.07) is 3.57. The highest BCUT2D eigenvalue weighted by Crippen LogP contribution is 2.26. The van der Waals surface area contributed by atoms with Crippen molar-refractivity contribution in [1.82, 2.24) is 5.32 Å². The van der Waals surface area contributed by atoms with Crippen LogP contribution in [0.3, 0.4) is 0 Å². The van der Waals surface area contributed by atoms with Crippen molar-refractivity contribution in [1.29, 1.82) is 0 Å². The van der Waals surface area contributed by atoms with Crippen molar-refractivity contribution < 1.29 is 18.7 Å². The highest BCUT2D eigenvalue weighted by molar-refractivity contribution is 5.68.